The molecule has 1 aromatic carbocycles. The van der Waals surface area contributed by atoms with Crippen molar-refractivity contribution in [2.75, 3.05) is 13.1 Å². The molecule has 3 heterocycles. The van der Waals surface area contributed by atoms with E-state index in [1.165, 1.54) is 16.2 Å². The molecule has 146 valence electrons. The first-order chi connectivity index (χ1) is 13.7. The number of nitrogens with zero attached hydrogens (tertiary/aromatic N) is 2. The van der Waals surface area contributed by atoms with Crippen molar-refractivity contribution >= 4 is 28.6 Å². The summed E-state index contributed by atoms with van der Waals surface area (Å²) in [6.45, 7) is 4.44. The van der Waals surface area contributed by atoms with Gasteiger partial charge >= 0.3 is 0 Å². The van der Waals surface area contributed by atoms with Gasteiger partial charge in [0.05, 0.1) is 15.6 Å². The average molecular weight is 412 g/mol. The Morgan fingerprint density at radius 3 is 2.64 bits per heavy atom. The second-order valence-corrected chi connectivity index (χ2v) is 9.36. The van der Waals surface area contributed by atoms with Gasteiger partial charge in [-0.2, -0.15) is 0 Å². The lowest BCUT2D eigenvalue weighted by Gasteiger charge is -2.31. The van der Waals surface area contributed by atoms with Crippen molar-refractivity contribution in [1.29, 1.82) is 0 Å². The Morgan fingerprint density at radius 2 is 1.93 bits per heavy atom. The highest BCUT2D eigenvalue weighted by molar-refractivity contribution is 7.16. The lowest BCUT2D eigenvalue weighted by atomic mass is 10.0. The van der Waals surface area contributed by atoms with Gasteiger partial charge in [-0.15, -0.1) is 22.7 Å². The minimum absolute atomic E-state index is 0.192. The quantitative estimate of drug-likeness (QED) is 0.619. The monoisotopic (exact) mass is 411 g/mol. The molecule has 6 heteroatoms. The Morgan fingerprint density at radius 1 is 1.14 bits per heavy atom. The van der Waals surface area contributed by atoms with Crippen LogP contribution in [0.25, 0.3) is 10.6 Å². The second-order valence-electron chi connectivity index (χ2n) is 7.13. The SMILES string of the molecule is Cc1nc(-c2ccc(CNC(C(=O)N3CCCCC3)c3ccccc3)s2)cs1. The highest BCUT2D eigenvalue weighted by Crippen LogP contribution is 2.29. The van der Waals surface area contributed by atoms with E-state index in [0.29, 0.717) is 6.54 Å². The van der Waals surface area contributed by atoms with Gasteiger partial charge < -0.3 is 4.90 Å². The molecule has 0 saturated carbocycles. The first-order valence-electron chi connectivity index (χ1n) is 9.79. The summed E-state index contributed by atoms with van der Waals surface area (Å²) in [5.74, 6) is 0.192. The predicted molar refractivity (Wildman–Crippen MR) is 117 cm³/mol. The average Bonchev–Trinajstić information content (AvgIpc) is 3.38. The number of aromatic nitrogens is 1. The Hall–Kier alpha value is -2.02. The van der Waals surface area contributed by atoms with Crippen LogP contribution in [0, 0.1) is 6.92 Å². The van der Waals surface area contributed by atoms with Gasteiger partial charge in [-0.1, -0.05) is 30.3 Å². The summed E-state index contributed by atoms with van der Waals surface area (Å²) in [5, 5.41) is 6.71. The molecule has 1 saturated heterocycles. The number of aryl methyl sites for hydroxylation is 1. The van der Waals surface area contributed by atoms with Crippen LogP contribution >= 0.6 is 22.7 Å². The van der Waals surface area contributed by atoms with Crippen LogP contribution in [0.5, 0.6) is 0 Å². The molecule has 1 fully saturated rings. The normalized spacial score (nSPS) is 15.5. The fourth-order valence-electron chi connectivity index (χ4n) is 3.58. The molecule has 3 aromatic rings. The summed E-state index contributed by atoms with van der Waals surface area (Å²) in [4.78, 5) is 22.2. The van der Waals surface area contributed by atoms with E-state index in [1.807, 2.05) is 42.2 Å². The molecule has 0 spiro atoms. The summed E-state index contributed by atoms with van der Waals surface area (Å²) in [6, 6.07) is 14.0. The van der Waals surface area contributed by atoms with Crippen LogP contribution in [0.2, 0.25) is 0 Å². The number of benzene rings is 1. The molecule has 4 nitrogen and oxygen atoms in total. The topological polar surface area (TPSA) is 45.2 Å². The van der Waals surface area contributed by atoms with Gasteiger partial charge in [0.25, 0.3) is 0 Å². The number of hydrogen-bond donors (Lipinski definition) is 1. The van der Waals surface area contributed by atoms with E-state index in [4.69, 9.17) is 0 Å². The van der Waals surface area contributed by atoms with Crippen molar-refractivity contribution in [2.24, 2.45) is 0 Å². The van der Waals surface area contributed by atoms with Crippen molar-refractivity contribution in [3.05, 3.63) is 63.3 Å². The van der Waals surface area contributed by atoms with E-state index in [9.17, 15) is 4.79 Å². The van der Waals surface area contributed by atoms with Gasteiger partial charge in [0.1, 0.15) is 6.04 Å². The maximum atomic E-state index is 13.2. The number of piperidine rings is 1. The molecule has 0 aliphatic carbocycles. The molecule has 1 aliphatic rings. The minimum Gasteiger partial charge on any atom is -0.341 e. The zero-order valence-corrected chi connectivity index (χ0v) is 17.7. The third-order valence-electron chi connectivity index (χ3n) is 5.06. The van der Waals surface area contributed by atoms with Crippen LogP contribution < -0.4 is 5.32 Å². The van der Waals surface area contributed by atoms with E-state index in [-0.39, 0.29) is 11.9 Å². The van der Waals surface area contributed by atoms with Gasteiger partial charge in [-0.25, -0.2) is 4.98 Å². The Bertz CT molecular complexity index is 913. The molecular formula is C22H25N3OS2. The molecule has 1 aliphatic heterocycles. The first kappa shape index (κ1) is 19.3. The summed E-state index contributed by atoms with van der Waals surface area (Å²) < 4.78 is 0. The van der Waals surface area contributed by atoms with E-state index < -0.39 is 0 Å². The van der Waals surface area contributed by atoms with Crippen molar-refractivity contribution < 1.29 is 4.79 Å². The molecule has 0 radical (unpaired) electrons. The number of likely N-dealkylation sites (tertiary alicyclic amines) is 1. The van der Waals surface area contributed by atoms with Crippen molar-refractivity contribution in [3.63, 3.8) is 0 Å². The van der Waals surface area contributed by atoms with Gasteiger partial charge in [0.15, 0.2) is 0 Å². The number of carbonyl (C=O) groups is 1. The fourth-order valence-corrected chi connectivity index (χ4v) is 5.19. The van der Waals surface area contributed by atoms with Crippen molar-refractivity contribution in [3.8, 4) is 10.6 Å². The Balaban J connectivity index is 1.48. The molecule has 4 rings (SSSR count). The van der Waals surface area contributed by atoms with Crippen LogP contribution in [-0.4, -0.2) is 28.9 Å². The predicted octanol–water partition coefficient (Wildman–Crippen LogP) is 5.02. The lowest BCUT2D eigenvalue weighted by molar-refractivity contribution is -0.134. The lowest BCUT2D eigenvalue weighted by Crippen LogP contribution is -2.43. The number of amides is 1. The third-order valence-corrected chi connectivity index (χ3v) is 6.94. The number of hydrogen-bond acceptors (Lipinski definition) is 5. The molecule has 0 bridgehead atoms. The first-order valence-corrected chi connectivity index (χ1v) is 11.5. The van der Waals surface area contributed by atoms with Gasteiger partial charge in [0, 0.05) is 29.9 Å². The van der Waals surface area contributed by atoms with E-state index >= 15 is 0 Å². The van der Waals surface area contributed by atoms with Gasteiger partial charge in [-0.05, 0) is 43.9 Å². The van der Waals surface area contributed by atoms with Gasteiger partial charge in [0.2, 0.25) is 5.91 Å². The summed E-state index contributed by atoms with van der Waals surface area (Å²) in [6.07, 6.45) is 3.43. The fraction of sp³-hybridized carbons (Fsp3) is 0.364. The van der Waals surface area contributed by atoms with Gasteiger partial charge in [-0.3, -0.25) is 10.1 Å². The second kappa shape index (κ2) is 8.99. The zero-order valence-electron chi connectivity index (χ0n) is 16.1. The molecule has 28 heavy (non-hydrogen) atoms. The molecule has 1 N–H and O–H groups in total. The summed E-state index contributed by atoms with van der Waals surface area (Å²) >= 11 is 3.41. The van der Waals surface area contributed by atoms with E-state index in [0.717, 1.165) is 42.2 Å². The Labute approximate surface area is 174 Å². The maximum absolute atomic E-state index is 13.2. The Kier molecular flexibility index (Phi) is 6.20. The summed E-state index contributed by atoms with van der Waals surface area (Å²) in [7, 11) is 0. The number of carbonyl (C=O) groups excluding carboxylic acids is 1. The van der Waals surface area contributed by atoms with Crippen LogP contribution in [-0.2, 0) is 11.3 Å². The standard InChI is InChI=1S/C22H25N3OS2/c1-16-24-19(15-27-16)20-11-10-18(28-20)14-23-21(17-8-4-2-5-9-17)22(26)25-12-6-3-7-13-25/h2,4-5,8-11,15,21,23H,3,6-7,12-14H2,1H3. The summed E-state index contributed by atoms with van der Waals surface area (Å²) in [5.41, 5.74) is 2.08. The molecular weight excluding hydrogens is 386 g/mol. The maximum Gasteiger partial charge on any atom is 0.244 e. The largest absolute Gasteiger partial charge is 0.341 e. The van der Waals surface area contributed by atoms with E-state index in [1.54, 1.807) is 22.7 Å². The molecule has 1 unspecified atom stereocenters. The molecule has 1 atom stereocenters. The van der Waals surface area contributed by atoms with E-state index in [2.05, 4.69) is 27.8 Å². The number of thiophene rings is 1. The minimum atomic E-state index is -0.300. The highest BCUT2D eigenvalue weighted by atomic mass is 32.1. The smallest absolute Gasteiger partial charge is 0.244 e. The third kappa shape index (κ3) is 4.51. The number of rotatable bonds is 6. The number of nitrogens with one attached hydrogen (secondary N) is 1. The van der Waals surface area contributed by atoms with Crippen molar-refractivity contribution in [1.82, 2.24) is 15.2 Å². The van der Waals surface area contributed by atoms with Crippen LogP contribution in [0.1, 0.15) is 40.8 Å². The van der Waals surface area contributed by atoms with Crippen LogP contribution in [0.4, 0.5) is 0 Å². The zero-order chi connectivity index (χ0) is 19.3. The molecule has 2 aromatic heterocycles. The molecule has 1 amide bonds. The van der Waals surface area contributed by atoms with Crippen molar-refractivity contribution in [2.45, 2.75) is 38.8 Å². The van der Waals surface area contributed by atoms with Crippen LogP contribution in [0.3, 0.4) is 0 Å². The highest BCUT2D eigenvalue weighted by Gasteiger charge is 2.26. The number of thiazole rings is 1. The van der Waals surface area contributed by atoms with Crippen LogP contribution in [0.15, 0.2) is 47.8 Å².